The number of non-ortho nitro benzene ring substituents is 1. The Morgan fingerprint density at radius 1 is 0.655 bits per heavy atom. The second kappa shape index (κ2) is 16.2. The Morgan fingerprint density at radius 3 is 1.78 bits per heavy atom. The quantitative estimate of drug-likeness (QED) is 0.0233. The fourth-order valence-electron chi connectivity index (χ4n) is 9.15. The van der Waals surface area contributed by atoms with Crippen LogP contribution < -0.4 is 5.56 Å². The van der Waals surface area contributed by atoms with E-state index in [-0.39, 0.29) is 27.6 Å². The molecule has 0 fully saturated rings. The van der Waals surface area contributed by atoms with Crippen molar-refractivity contribution in [2.24, 2.45) is 5.92 Å². The fraction of sp³-hybridized carbons (Fsp3) is 0.388. The smallest absolute Gasteiger partial charge is 0.268 e. The maximum Gasteiger partial charge on any atom is 0.298 e. The summed E-state index contributed by atoms with van der Waals surface area (Å²) in [6.45, 7) is 4.50. The van der Waals surface area contributed by atoms with Gasteiger partial charge in [-0.15, -0.1) is 0 Å². The van der Waals surface area contributed by atoms with Crippen LogP contribution in [-0.4, -0.2) is 14.3 Å². The molecule has 6 aromatic carbocycles. The topological polar surface area (TPSA) is 77.5 Å². The Bertz CT molecular complexity index is 2720. The normalized spacial score (nSPS) is 12.6. The van der Waals surface area contributed by atoms with Crippen LogP contribution in [0.25, 0.3) is 70.5 Å². The lowest BCUT2D eigenvalue weighted by Crippen LogP contribution is -2.13. The third-order valence-electron chi connectivity index (χ3n) is 12.0. The first-order chi connectivity index (χ1) is 27.0. The number of nitrogens with zero attached hydrogens (tertiary/aromatic N) is 3. The first-order valence-electron chi connectivity index (χ1n) is 20.9. The number of benzene rings is 6. The molecule has 0 spiro atoms. The van der Waals surface area contributed by atoms with Crippen LogP contribution in [0.4, 0.5) is 5.69 Å². The average molecular weight is 730 g/mol. The number of rotatable bonds is 17. The summed E-state index contributed by atoms with van der Waals surface area (Å²) in [7, 11) is 0. The van der Waals surface area contributed by atoms with E-state index in [0.717, 1.165) is 63.4 Å². The van der Waals surface area contributed by atoms with Gasteiger partial charge >= 0.3 is 0 Å². The summed E-state index contributed by atoms with van der Waals surface area (Å²) >= 11 is 0. The maximum absolute atomic E-state index is 14.6. The highest BCUT2D eigenvalue weighted by Crippen LogP contribution is 2.43. The molecule has 6 nitrogen and oxygen atoms in total. The second-order valence-corrected chi connectivity index (χ2v) is 15.8. The van der Waals surface area contributed by atoms with Crippen LogP contribution in [-0.2, 0) is 0 Å². The summed E-state index contributed by atoms with van der Waals surface area (Å²) in [5.74, 6) is 7.16. The summed E-state index contributed by atoms with van der Waals surface area (Å²) in [4.78, 5) is 31.7. The van der Waals surface area contributed by atoms with E-state index in [9.17, 15) is 14.9 Å². The summed E-state index contributed by atoms with van der Waals surface area (Å²) in [6, 6.07) is 24.3. The third kappa shape index (κ3) is 6.95. The van der Waals surface area contributed by atoms with E-state index in [1.54, 1.807) is 10.5 Å². The minimum atomic E-state index is -0.384. The van der Waals surface area contributed by atoms with E-state index in [0.29, 0.717) is 22.1 Å². The molecule has 8 rings (SSSR count). The van der Waals surface area contributed by atoms with E-state index in [1.807, 2.05) is 18.2 Å². The second-order valence-electron chi connectivity index (χ2n) is 15.8. The molecule has 280 valence electrons. The van der Waals surface area contributed by atoms with Crippen molar-refractivity contribution < 1.29 is 4.92 Å². The molecule has 0 saturated heterocycles. The van der Waals surface area contributed by atoms with Crippen LogP contribution in [0.5, 0.6) is 0 Å². The van der Waals surface area contributed by atoms with Gasteiger partial charge in [-0.1, -0.05) is 164 Å². The van der Waals surface area contributed by atoms with E-state index >= 15 is 0 Å². The molecule has 1 unspecified atom stereocenters. The van der Waals surface area contributed by atoms with E-state index in [2.05, 4.69) is 74.2 Å². The van der Waals surface area contributed by atoms with Crippen molar-refractivity contribution in [1.29, 1.82) is 0 Å². The zero-order valence-electron chi connectivity index (χ0n) is 32.4. The minimum absolute atomic E-state index is 0.119. The van der Waals surface area contributed by atoms with Crippen LogP contribution in [0.2, 0.25) is 0 Å². The van der Waals surface area contributed by atoms with Gasteiger partial charge in [0.2, 0.25) is 0 Å². The Hall–Kier alpha value is -5.28. The number of imidazole rings is 1. The van der Waals surface area contributed by atoms with Gasteiger partial charge in [0.1, 0.15) is 5.65 Å². The van der Waals surface area contributed by atoms with Crippen LogP contribution in [0.1, 0.15) is 122 Å². The largest absolute Gasteiger partial charge is 0.298 e. The number of nitro benzene ring substituents is 1. The molecule has 0 bridgehead atoms. The summed E-state index contributed by atoms with van der Waals surface area (Å²) in [6.07, 6.45) is 19.8. The van der Waals surface area contributed by atoms with Crippen LogP contribution in [0.15, 0.2) is 77.6 Å². The van der Waals surface area contributed by atoms with Gasteiger partial charge in [-0.3, -0.25) is 19.3 Å². The number of nitro groups is 1. The van der Waals surface area contributed by atoms with Gasteiger partial charge < -0.3 is 0 Å². The van der Waals surface area contributed by atoms with Crippen molar-refractivity contribution in [3.8, 4) is 11.8 Å². The minimum Gasteiger partial charge on any atom is -0.268 e. The molecule has 0 aliphatic carbocycles. The van der Waals surface area contributed by atoms with Crippen molar-refractivity contribution >= 4 is 76.2 Å². The van der Waals surface area contributed by atoms with Crippen LogP contribution >= 0.6 is 0 Å². The predicted molar refractivity (Wildman–Crippen MR) is 231 cm³/mol. The molecule has 0 aliphatic rings. The number of fused-ring (bicyclic) bond motifs is 6. The molecule has 2 aromatic heterocycles. The molecule has 0 aliphatic heterocycles. The lowest BCUT2D eigenvalue weighted by molar-refractivity contribution is -0.383. The van der Waals surface area contributed by atoms with E-state index < -0.39 is 0 Å². The Balaban J connectivity index is 1.19. The van der Waals surface area contributed by atoms with Gasteiger partial charge in [0, 0.05) is 33.7 Å². The van der Waals surface area contributed by atoms with Gasteiger partial charge in [-0.05, 0) is 68.7 Å². The van der Waals surface area contributed by atoms with Gasteiger partial charge in [0.05, 0.1) is 10.4 Å². The molecular formula is C49H51N3O3. The molecule has 0 amide bonds. The number of hydrogen-bond acceptors (Lipinski definition) is 4. The maximum atomic E-state index is 14.6. The number of hydrogen-bond donors (Lipinski definition) is 0. The van der Waals surface area contributed by atoms with Crippen molar-refractivity contribution in [3.63, 3.8) is 0 Å². The Morgan fingerprint density at radius 2 is 1.18 bits per heavy atom. The lowest BCUT2D eigenvalue weighted by atomic mass is 9.88. The molecule has 8 aromatic rings. The molecule has 2 heterocycles. The Labute approximate surface area is 322 Å². The molecule has 0 saturated carbocycles. The molecule has 1 atom stereocenters. The number of pyridine rings is 1. The van der Waals surface area contributed by atoms with E-state index in [1.165, 1.54) is 87.8 Å². The summed E-state index contributed by atoms with van der Waals surface area (Å²) < 4.78 is 1.58. The highest BCUT2D eigenvalue weighted by atomic mass is 16.6. The van der Waals surface area contributed by atoms with Crippen molar-refractivity contribution in [1.82, 2.24) is 9.38 Å². The molecule has 6 heteroatoms. The highest BCUT2D eigenvalue weighted by Gasteiger charge is 2.24. The summed E-state index contributed by atoms with van der Waals surface area (Å²) in [5.41, 5.74) is 1.31. The fourth-order valence-corrected chi connectivity index (χ4v) is 9.15. The third-order valence-corrected chi connectivity index (χ3v) is 12.0. The van der Waals surface area contributed by atoms with Crippen molar-refractivity contribution in [2.75, 3.05) is 0 Å². The molecular weight excluding hydrogens is 679 g/mol. The Kier molecular flexibility index (Phi) is 10.8. The summed E-state index contributed by atoms with van der Waals surface area (Å²) in [5, 5.41) is 22.7. The lowest BCUT2D eigenvalue weighted by Gasteiger charge is -2.16. The first kappa shape index (κ1) is 36.7. The SMILES string of the molecule is CCCCCCCCCCC(C#Cc1cc([N+](=O)[O-])c2nc3c4ccc5c6cccc7cccc(c8ccc(c(=O)n3c2c1)c4c85)c76)CCCCCCCC. The standard InChI is InChI=1S/C49H51N3O3/c1-3-5-7-9-11-12-14-16-20-33(19-15-13-10-8-6-4-2)25-26-34-31-42-47(43(32-34)52(54)55)50-48-40-29-27-38-36-23-17-21-35-22-18-24-37(44(35)36)39-28-30-41(46(40)45(38)39)49(53)51(42)48/h17-18,21-24,27-33H,3-16,19-20H2,1-2H3. The zero-order chi connectivity index (χ0) is 37.9. The van der Waals surface area contributed by atoms with Crippen molar-refractivity contribution in [3.05, 3.63) is 98.8 Å². The number of aromatic nitrogens is 2. The molecule has 0 radical (unpaired) electrons. The van der Waals surface area contributed by atoms with Gasteiger partial charge in [0.15, 0.2) is 5.52 Å². The van der Waals surface area contributed by atoms with Gasteiger partial charge in [-0.25, -0.2) is 4.98 Å². The van der Waals surface area contributed by atoms with Crippen LogP contribution in [0.3, 0.4) is 0 Å². The van der Waals surface area contributed by atoms with Gasteiger partial charge in [-0.2, -0.15) is 0 Å². The first-order valence-corrected chi connectivity index (χ1v) is 20.9. The van der Waals surface area contributed by atoms with Crippen molar-refractivity contribution in [2.45, 2.75) is 117 Å². The molecule has 0 N–H and O–H groups in total. The average Bonchev–Trinajstić information content (AvgIpc) is 3.59. The predicted octanol–water partition coefficient (Wildman–Crippen LogP) is 13.6. The number of unbranched alkanes of at least 4 members (excludes halogenated alkanes) is 12. The van der Waals surface area contributed by atoms with Gasteiger partial charge in [0.25, 0.3) is 11.2 Å². The zero-order valence-corrected chi connectivity index (χ0v) is 32.4. The monoisotopic (exact) mass is 729 g/mol. The van der Waals surface area contributed by atoms with Crippen LogP contribution in [0, 0.1) is 27.9 Å². The highest BCUT2D eigenvalue weighted by molar-refractivity contribution is 6.37. The molecule has 55 heavy (non-hydrogen) atoms. The van der Waals surface area contributed by atoms with E-state index in [4.69, 9.17) is 4.98 Å².